The van der Waals surface area contributed by atoms with E-state index < -0.39 is 0 Å². The minimum atomic E-state index is -0.244. The van der Waals surface area contributed by atoms with Crippen molar-refractivity contribution in [2.24, 2.45) is 0 Å². The summed E-state index contributed by atoms with van der Waals surface area (Å²) >= 11 is 6.50. The smallest absolute Gasteiger partial charge is 0.267 e. The summed E-state index contributed by atoms with van der Waals surface area (Å²) in [7, 11) is 0. The third kappa shape index (κ3) is 6.74. The summed E-state index contributed by atoms with van der Waals surface area (Å²) in [5.74, 6) is -0.353. The molecule has 1 aromatic heterocycles. The van der Waals surface area contributed by atoms with Crippen molar-refractivity contribution in [2.45, 2.75) is 13.8 Å². The van der Waals surface area contributed by atoms with Crippen molar-refractivity contribution in [1.82, 2.24) is 15.5 Å². The number of rotatable bonds is 8. The van der Waals surface area contributed by atoms with Gasteiger partial charge >= 0.3 is 0 Å². The van der Waals surface area contributed by atoms with Crippen molar-refractivity contribution in [1.29, 1.82) is 0 Å². The molecule has 144 valence electrons. The van der Waals surface area contributed by atoms with Crippen LogP contribution in [0.3, 0.4) is 0 Å². The second kappa shape index (κ2) is 10.8. The predicted octanol–water partition coefficient (Wildman–Crippen LogP) is 2.95. The molecule has 0 fully saturated rings. The SMILES string of the molecule is CCN(CC)CCNC(=O)c1ccc(NC(=S)NC(=O)c2cccs2)cc1. The third-order valence-electron chi connectivity index (χ3n) is 3.99. The summed E-state index contributed by atoms with van der Waals surface area (Å²) in [5, 5.41) is 10.5. The van der Waals surface area contributed by atoms with Gasteiger partial charge in [0.15, 0.2) is 5.11 Å². The van der Waals surface area contributed by atoms with E-state index in [0.29, 0.717) is 22.7 Å². The maximum Gasteiger partial charge on any atom is 0.267 e. The summed E-state index contributed by atoms with van der Waals surface area (Å²) in [6.45, 7) is 7.58. The molecular weight excluding hydrogens is 380 g/mol. The second-order valence-corrected chi connectivity index (χ2v) is 7.10. The molecule has 0 radical (unpaired) electrons. The fourth-order valence-electron chi connectivity index (χ4n) is 2.41. The van der Waals surface area contributed by atoms with E-state index in [9.17, 15) is 9.59 Å². The Bertz CT molecular complexity index is 757. The van der Waals surface area contributed by atoms with Crippen LogP contribution in [0.2, 0.25) is 0 Å². The van der Waals surface area contributed by atoms with Crippen LogP contribution in [0.4, 0.5) is 5.69 Å². The zero-order valence-electron chi connectivity index (χ0n) is 15.5. The van der Waals surface area contributed by atoms with Gasteiger partial charge in [0.1, 0.15) is 0 Å². The van der Waals surface area contributed by atoms with Gasteiger partial charge in [-0.15, -0.1) is 11.3 Å². The van der Waals surface area contributed by atoms with Crippen LogP contribution in [0.15, 0.2) is 41.8 Å². The molecule has 0 bridgehead atoms. The zero-order chi connectivity index (χ0) is 19.6. The number of nitrogens with zero attached hydrogens (tertiary/aromatic N) is 1. The average molecular weight is 405 g/mol. The Morgan fingerprint density at radius 1 is 1.07 bits per heavy atom. The number of carbonyl (C=O) groups excluding carboxylic acids is 2. The van der Waals surface area contributed by atoms with Gasteiger partial charge in [-0.25, -0.2) is 0 Å². The molecule has 0 saturated heterocycles. The monoisotopic (exact) mass is 404 g/mol. The number of anilines is 1. The van der Waals surface area contributed by atoms with Gasteiger partial charge < -0.3 is 15.5 Å². The van der Waals surface area contributed by atoms with E-state index >= 15 is 0 Å². The molecule has 27 heavy (non-hydrogen) atoms. The number of hydrogen-bond donors (Lipinski definition) is 3. The number of carbonyl (C=O) groups is 2. The number of benzene rings is 1. The van der Waals surface area contributed by atoms with Crippen molar-refractivity contribution >= 4 is 46.2 Å². The molecule has 3 N–H and O–H groups in total. The van der Waals surface area contributed by atoms with Crippen molar-refractivity contribution < 1.29 is 9.59 Å². The molecule has 8 heteroatoms. The van der Waals surface area contributed by atoms with Crippen LogP contribution in [0, 0.1) is 0 Å². The summed E-state index contributed by atoms with van der Waals surface area (Å²) in [6.07, 6.45) is 0. The molecule has 0 unspecified atom stereocenters. The summed E-state index contributed by atoms with van der Waals surface area (Å²) in [6, 6.07) is 10.5. The van der Waals surface area contributed by atoms with Crippen molar-refractivity contribution in [3.8, 4) is 0 Å². The molecule has 0 spiro atoms. The maximum absolute atomic E-state index is 12.2. The highest BCUT2D eigenvalue weighted by Gasteiger charge is 2.09. The third-order valence-corrected chi connectivity index (χ3v) is 5.06. The van der Waals surface area contributed by atoms with E-state index in [4.69, 9.17) is 12.2 Å². The Morgan fingerprint density at radius 2 is 1.78 bits per heavy atom. The first-order valence-corrected chi connectivity index (χ1v) is 10.1. The lowest BCUT2D eigenvalue weighted by atomic mass is 10.2. The van der Waals surface area contributed by atoms with E-state index in [0.717, 1.165) is 19.6 Å². The Balaban J connectivity index is 1.81. The number of hydrogen-bond acceptors (Lipinski definition) is 5. The molecule has 0 atom stereocenters. The minimum Gasteiger partial charge on any atom is -0.351 e. The van der Waals surface area contributed by atoms with Gasteiger partial charge in [-0.3, -0.25) is 14.9 Å². The molecule has 0 aliphatic carbocycles. The Labute approximate surface area is 169 Å². The van der Waals surface area contributed by atoms with Crippen LogP contribution in [-0.4, -0.2) is 48.0 Å². The van der Waals surface area contributed by atoms with Gasteiger partial charge in [0.25, 0.3) is 11.8 Å². The number of thiocarbonyl (C=S) groups is 1. The Morgan fingerprint density at radius 3 is 2.37 bits per heavy atom. The highest BCUT2D eigenvalue weighted by molar-refractivity contribution is 7.80. The van der Waals surface area contributed by atoms with Gasteiger partial charge in [0, 0.05) is 24.3 Å². The van der Waals surface area contributed by atoms with Crippen molar-refractivity contribution in [3.05, 3.63) is 52.2 Å². The van der Waals surface area contributed by atoms with Crippen LogP contribution < -0.4 is 16.0 Å². The summed E-state index contributed by atoms with van der Waals surface area (Å²) < 4.78 is 0. The molecular formula is C19H24N4O2S2. The molecule has 2 amide bonds. The second-order valence-electron chi connectivity index (χ2n) is 5.75. The number of amides is 2. The van der Waals surface area contributed by atoms with Crippen molar-refractivity contribution in [2.75, 3.05) is 31.5 Å². The van der Waals surface area contributed by atoms with Crippen molar-refractivity contribution in [3.63, 3.8) is 0 Å². The number of likely N-dealkylation sites (N-methyl/N-ethyl adjacent to an activating group) is 1. The van der Waals surface area contributed by atoms with E-state index in [1.807, 2.05) is 11.4 Å². The fraction of sp³-hybridized carbons (Fsp3) is 0.316. The molecule has 6 nitrogen and oxygen atoms in total. The van der Waals surface area contributed by atoms with Crippen LogP contribution in [0.25, 0.3) is 0 Å². The summed E-state index contributed by atoms with van der Waals surface area (Å²) in [4.78, 5) is 27.0. The van der Waals surface area contributed by atoms with E-state index in [-0.39, 0.29) is 16.9 Å². The van der Waals surface area contributed by atoms with E-state index in [1.165, 1.54) is 11.3 Å². The van der Waals surface area contributed by atoms with Crippen LogP contribution in [0.5, 0.6) is 0 Å². The average Bonchev–Trinajstić information content (AvgIpc) is 3.20. The van der Waals surface area contributed by atoms with Crippen LogP contribution >= 0.6 is 23.6 Å². The fourth-order valence-corrected chi connectivity index (χ4v) is 3.24. The van der Waals surface area contributed by atoms with Gasteiger partial charge in [0.05, 0.1) is 4.88 Å². The van der Waals surface area contributed by atoms with E-state index in [2.05, 4.69) is 34.7 Å². The largest absolute Gasteiger partial charge is 0.351 e. The molecule has 1 aromatic carbocycles. The summed E-state index contributed by atoms with van der Waals surface area (Å²) in [5.41, 5.74) is 1.28. The lowest BCUT2D eigenvalue weighted by Gasteiger charge is -2.18. The normalized spacial score (nSPS) is 10.5. The first kappa shape index (κ1) is 21.0. The highest BCUT2D eigenvalue weighted by atomic mass is 32.1. The molecule has 0 aliphatic rings. The quantitative estimate of drug-likeness (QED) is 0.590. The standard InChI is InChI=1S/C19H24N4O2S2/c1-3-23(4-2)12-11-20-17(24)14-7-9-15(10-8-14)21-19(26)22-18(25)16-6-5-13-27-16/h5-10,13H,3-4,11-12H2,1-2H3,(H,20,24)(H2,21,22,25,26). The first-order valence-electron chi connectivity index (χ1n) is 8.80. The molecule has 0 aliphatic heterocycles. The maximum atomic E-state index is 12.2. The highest BCUT2D eigenvalue weighted by Crippen LogP contribution is 2.11. The van der Waals surface area contributed by atoms with Crippen LogP contribution in [-0.2, 0) is 0 Å². The Hall–Kier alpha value is -2.29. The molecule has 1 heterocycles. The molecule has 0 saturated carbocycles. The van der Waals surface area contributed by atoms with Gasteiger partial charge in [-0.05, 0) is 61.0 Å². The zero-order valence-corrected chi connectivity index (χ0v) is 17.1. The minimum absolute atomic E-state index is 0.109. The van der Waals surface area contributed by atoms with E-state index in [1.54, 1.807) is 30.3 Å². The van der Waals surface area contributed by atoms with Gasteiger partial charge in [0.2, 0.25) is 0 Å². The van der Waals surface area contributed by atoms with Crippen LogP contribution in [0.1, 0.15) is 33.9 Å². The number of thiophene rings is 1. The topological polar surface area (TPSA) is 73.5 Å². The Kier molecular flexibility index (Phi) is 8.38. The lowest BCUT2D eigenvalue weighted by molar-refractivity contribution is 0.0947. The number of nitrogens with one attached hydrogen (secondary N) is 3. The lowest BCUT2D eigenvalue weighted by Crippen LogP contribution is -2.35. The molecule has 2 aromatic rings. The molecule has 2 rings (SSSR count). The van der Waals surface area contributed by atoms with Gasteiger partial charge in [-0.1, -0.05) is 19.9 Å². The van der Waals surface area contributed by atoms with Gasteiger partial charge in [-0.2, -0.15) is 0 Å². The first-order chi connectivity index (χ1) is 13.0. The predicted molar refractivity (Wildman–Crippen MR) is 115 cm³/mol.